The van der Waals surface area contributed by atoms with Crippen LogP contribution in [0.4, 0.5) is 0 Å². The van der Waals surface area contributed by atoms with Crippen LogP contribution in [0.15, 0.2) is 28.9 Å². The lowest BCUT2D eigenvalue weighted by atomic mass is 10.0. The van der Waals surface area contributed by atoms with Gasteiger partial charge in [-0.1, -0.05) is 34.1 Å². The van der Waals surface area contributed by atoms with Crippen molar-refractivity contribution in [1.82, 2.24) is 20.3 Å². The second-order valence-corrected chi connectivity index (χ2v) is 5.58. The normalized spacial score (nSPS) is 12.6. The standard InChI is InChI=1S/C14H19BrN4/c1-4-5-19-13(9-17-18-19)14(16-3)11-6-10(2)7-12(15)8-11/h6-9,14,16H,4-5H2,1-3H3. The average Bonchev–Trinajstić information content (AvgIpc) is 2.78. The van der Waals surface area contributed by atoms with Gasteiger partial charge < -0.3 is 5.32 Å². The van der Waals surface area contributed by atoms with Crippen LogP contribution in [-0.4, -0.2) is 22.0 Å². The van der Waals surface area contributed by atoms with E-state index in [1.54, 1.807) is 0 Å². The summed E-state index contributed by atoms with van der Waals surface area (Å²) in [4.78, 5) is 0. The Hall–Kier alpha value is -1.20. The lowest BCUT2D eigenvalue weighted by Gasteiger charge is -2.18. The first kappa shape index (κ1) is 14.2. The predicted octanol–water partition coefficient (Wildman–Crippen LogP) is 3.07. The van der Waals surface area contributed by atoms with Gasteiger partial charge in [0.05, 0.1) is 17.9 Å². The SMILES string of the molecule is CCCn1nncc1C(NC)c1cc(C)cc(Br)c1. The van der Waals surface area contributed by atoms with Crippen molar-refractivity contribution in [3.63, 3.8) is 0 Å². The number of hydrogen-bond acceptors (Lipinski definition) is 3. The van der Waals surface area contributed by atoms with Gasteiger partial charge in [-0.15, -0.1) is 5.10 Å². The van der Waals surface area contributed by atoms with E-state index in [9.17, 15) is 0 Å². The molecular weight excluding hydrogens is 304 g/mol. The summed E-state index contributed by atoms with van der Waals surface area (Å²) in [5, 5.41) is 11.6. The van der Waals surface area contributed by atoms with Crippen LogP contribution in [0.5, 0.6) is 0 Å². The first-order valence-electron chi connectivity index (χ1n) is 6.48. The van der Waals surface area contributed by atoms with Crippen LogP contribution in [0, 0.1) is 6.92 Å². The maximum Gasteiger partial charge on any atom is 0.0801 e. The molecule has 5 heteroatoms. The molecule has 0 fully saturated rings. The molecule has 0 aliphatic rings. The topological polar surface area (TPSA) is 42.7 Å². The maximum absolute atomic E-state index is 4.16. The van der Waals surface area contributed by atoms with E-state index in [2.05, 4.69) is 63.6 Å². The van der Waals surface area contributed by atoms with Crippen molar-refractivity contribution in [3.05, 3.63) is 45.7 Å². The van der Waals surface area contributed by atoms with Crippen molar-refractivity contribution >= 4 is 15.9 Å². The highest BCUT2D eigenvalue weighted by molar-refractivity contribution is 9.10. The molecule has 2 rings (SSSR count). The van der Waals surface area contributed by atoms with Crippen LogP contribution in [0.1, 0.15) is 36.2 Å². The fourth-order valence-corrected chi connectivity index (χ4v) is 2.92. The highest BCUT2D eigenvalue weighted by Gasteiger charge is 2.17. The smallest absolute Gasteiger partial charge is 0.0801 e. The largest absolute Gasteiger partial charge is 0.308 e. The van der Waals surface area contributed by atoms with Crippen molar-refractivity contribution in [1.29, 1.82) is 0 Å². The van der Waals surface area contributed by atoms with Crippen molar-refractivity contribution in [2.75, 3.05) is 7.05 Å². The molecule has 1 unspecified atom stereocenters. The number of aryl methyl sites for hydroxylation is 2. The molecule has 0 radical (unpaired) electrons. The Morgan fingerprint density at radius 3 is 2.79 bits per heavy atom. The summed E-state index contributed by atoms with van der Waals surface area (Å²) in [5.41, 5.74) is 3.55. The highest BCUT2D eigenvalue weighted by atomic mass is 79.9. The molecule has 1 atom stereocenters. The van der Waals surface area contributed by atoms with Gasteiger partial charge in [0.25, 0.3) is 0 Å². The molecule has 0 saturated heterocycles. The van der Waals surface area contributed by atoms with Gasteiger partial charge in [-0.25, -0.2) is 4.68 Å². The summed E-state index contributed by atoms with van der Waals surface area (Å²) in [5.74, 6) is 0. The Morgan fingerprint density at radius 2 is 2.16 bits per heavy atom. The van der Waals surface area contributed by atoms with Gasteiger partial charge in [0.2, 0.25) is 0 Å². The van der Waals surface area contributed by atoms with E-state index in [1.165, 1.54) is 11.1 Å². The Labute approximate surface area is 122 Å². The Kier molecular flexibility index (Phi) is 4.71. The van der Waals surface area contributed by atoms with Crippen LogP contribution in [0.2, 0.25) is 0 Å². The molecule has 0 amide bonds. The van der Waals surface area contributed by atoms with Crippen molar-refractivity contribution in [3.8, 4) is 0 Å². The van der Waals surface area contributed by atoms with Crippen LogP contribution in [0.25, 0.3) is 0 Å². The van der Waals surface area contributed by atoms with E-state index in [-0.39, 0.29) is 6.04 Å². The van der Waals surface area contributed by atoms with Crippen molar-refractivity contribution < 1.29 is 0 Å². The second kappa shape index (κ2) is 6.30. The number of nitrogens with zero attached hydrogens (tertiary/aromatic N) is 3. The van der Waals surface area contributed by atoms with Gasteiger partial charge in [0, 0.05) is 11.0 Å². The van der Waals surface area contributed by atoms with Gasteiger partial charge in [-0.3, -0.25) is 0 Å². The molecule has 2 aromatic rings. The molecule has 0 aliphatic heterocycles. The van der Waals surface area contributed by atoms with Gasteiger partial charge in [0.15, 0.2) is 0 Å². The van der Waals surface area contributed by atoms with E-state index >= 15 is 0 Å². The quantitative estimate of drug-likeness (QED) is 0.919. The van der Waals surface area contributed by atoms with Gasteiger partial charge >= 0.3 is 0 Å². The lowest BCUT2D eigenvalue weighted by Crippen LogP contribution is -2.21. The van der Waals surface area contributed by atoms with E-state index in [0.717, 1.165) is 23.1 Å². The summed E-state index contributed by atoms with van der Waals surface area (Å²) in [6, 6.07) is 6.54. The van der Waals surface area contributed by atoms with E-state index in [1.807, 2.05) is 17.9 Å². The Bertz CT molecular complexity index is 530. The minimum atomic E-state index is 0.109. The maximum atomic E-state index is 4.16. The van der Waals surface area contributed by atoms with Crippen LogP contribution in [0.3, 0.4) is 0 Å². The number of benzene rings is 1. The minimum Gasteiger partial charge on any atom is -0.308 e. The van der Waals surface area contributed by atoms with Crippen molar-refractivity contribution in [2.24, 2.45) is 0 Å². The number of aromatic nitrogens is 3. The summed E-state index contributed by atoms with van der Waals surface area (Å²) >= 11 is 3.56. The molecule has 19 heavy (non-hydrogen) atoms. The third kappa shape index (κ3) is 3.22. The number of nitrogens with one attached hydrogen (secondary N) is 1. The van der Waals surface area contributed by atoms with Crippen LogP contribution >= 0.6 is 15.9 Å². The van der Waals surface area contributed by atoms with Crippen LogP contribution in [-0.2, 0) is 6.54 Å². The third-order valence-electron chi connectivity index (χ3n) is 3.07. The summed E-state index contributed by atoms with van der Waals surface area (Å²) in [6.07, 6.45) is 2.89. The molecule has 0 bridgehead atoms. The second-order valence-electron chi connectivity index (χ2n) is 4.67. The lowest BCUT2D eigenvalue weighted by molar-refractivity contribution is 0.523. The van der Waals surface area contributed by atoms with Gasteiger partial charge in [-0.05, 0) is 43.7 Å². The average molecular weight is 323 g/mol. The van der Waals surface area contributed by atoms with E-state index in [0.29, 0.717) is 0 Å². The number of halogens is 1. The zero-order chi connectivity index (χ0) is 13.8. The molecule has 1 heterocycles. The Balaban J connectivity index is 2.40. The zero-order valence-electron chi connectivity index (χ0n) is 11.5. The highest BCUT2D eigenvalue weighted by Crippen LogP contribution is 2.25. The molecule has 102 valence electrons. The number of rotatable bonds is 5. The third-order valence-corrected chi connectivity index (χ3v) is 3.52. The summed E-state index contributed by atoms with van der Waals surface area (Å²) < 4.78 is 3.06. The van der Waals surface area contributed by atoms with E-state index in [4.69, 9.17) is 0 Å². The molecule has 1 aromatic carbocycles. The first-order valence-corrected chi connectivity index (χ1v) is 7.27. The minimum absolute atomic E-state index is 0.109. The molecule has 0 spiro atoms. The zero-order valence-corrected chi connectivity index (χ0v) is 13.1. The molecule has 4 nitrogen and oxygen atoms in total. The fourth-order valence-electron chi connectivity index (χ4n) is 2.29. The predicted molar refractivity (Wildman–Crippen MR) is 80.1 cm³/mol. The molecule has 0 saturated carbocycles. The van der Waals surface area contributed by atoms with Crippen LogP contribution < -0.4 is 5.32 Å². The van der Waals surface area contributed by atoms with Gasteiger partial charge in [0.1, 0.15) is 0 Å². The summed E-state index contributed by atoms with van der Waals surface area (Å²) in [6.45, 7) is 5.13. The fraction of sp³-hybridized carbons (Fsp3) is 0.429. The molecular formula is C14H19BrN4. The van der Waals surface area contributed by atoms with E-state index < -0.39 is 0 Å². The summed E-state index contributed by atoms with van der Waals surface area (Å²) in [7, 11) is 1.96. The van der Waals surface area contributed by atoms with Crippen molar-refractivity contribution in [2.45, 2.75) is 32.9 Å². The molecule has 0 aliphatic carbocycles. The van der Waals surface area contributed by atoms with Gasteiger partial charge in [-0.2, -0.15) is 0 Å². The Morgan fingerprint density at radius 1 is 1.37 bits per heavy atom. The molecule has 1 aromatic heterocycles. The number of hydrogen-bond donors (Lipinski definition) is 1. The first-order chi connectivity index (χ1) is 9.15. The molecule has 1 N–H and O–H groups in total. The monoisotopic (exact) mass is 322 g/mol.